The topological polar surface area (TPSA) is 69.6 Å². The third-order valence-corrected chi connectivity index (χ3v) is 3.23. The second kappa shape index (κ2) is 5.38. The molecular weight excluding hydrogens is 238 g/mol. The molecular formula is C14H21N5. The van der Waals surface area contributed by atoms with Crippen LogP contribution in [0.4, 0.5) is 5.82 Å². The molecule has 102 valence electrons. The maximum absolute atomic E-state index is 6.00. The Labute approximate surface area is 113 Å². The number of nitrogens with zero attached hydrogens (tertiary/aromatic N) is 4. The van der Waals surface area contributed by atoms with Gasteiger partial charge in [0.15, 0.2) is 5.82 Å². The fraction of sp³-hybridized carbons (Fsp3) is 0.500. The van der Waals surface area contributed by atoms with Gasteiger partial charge in [0.25, 0.3) is 0 Å². The lowest BCUT2D eigenvalue weighted by atomic mass is 10.0. The molecule has 2 N–H and O–H groups in total. The minimum Gasteiger partial charge on any atom is -0.383 e. The lowest BCUT2D eigenvalue weighted by molar-refractivity contribution is 0.736. The molecule has 19 heavy (non-hydrogen) atoms. The van der Waals surface area contributed by atoms with Gasteiger partial charge in [0.1, 0.15) is 12.1 Å². The van der Waals surface area contributed by atoms with E-state index in [1.165, 1.54) is 6.33 Å². The molecule has 5 nitrogen and oxygen atoms in total. The number of rotatable bonds is 4. The van der Waals surface area contributed by atoms with E-state index < -0.39 is 0 Å². The zero-order valence-electron chi connectivity index (χ0n) is 12.0. The quantitative estimate of drug-likeness (QED) is 0.915. The number of anilines is 1. The monoisotopic (exact) mass is 259 g/mol. The molecule has 5 heteroatoms. The van der Waals surface area contributed by atoms with Gasteiger partial charge in [-0.1, -0.05) is 27.7 Å². The van der Waals surface area contributed by atoms with Crippen molar-refractivity contribution in [2.24, 2.45) is 0 Å². The lowest BCUT2D eigenvalue weighted by Gasteiger charge is -2.14. The van der Waals surface area contributed by atoms with Gasteiger partial charge in [0.2, 0.25) is 0 Å². The molecule has 0 amide bonds. The van der Waals surface area contributed by atoms with Gasteiger partial charge in [0.05, 0.1) is 5.69 Å². The van der Waals surface area contributed by atoms with Crippen molar-refractivity contribution in [1.29, 1.82) is 0 Å². The molecule has 0 aliphatic carbocycles. The normalized spacial score (nSPS) is 11.2. The molecule has 0 radical (unpaired) electrons. The highest BCUT2D eigenvalue weighted by atomic mass is 15.3. The van der Waals surface area contributed by atoms with E-state index in [1.807, 2.05) is 4.68 Å². The molecule has 2 heterocycles. The van der Waals surface area contributed by atoms with Crippen molar-refractivity contribution in [3.8, 4) is 5.82 Å². The van der Waals surface area contributed by atoms with Crippen LogP contribution in [-0.2, 0) is 12.8 Å². The summed E-state index contributed by atoms with van der Waals surface area (Å²) in [5.41, 5.74) is 9.18. The largest absolute Gasteiger partial charge is 0.383 e. The molecule has 0 bridgehead atoms. The van der Waals surface area contributed by atoms with Crippen LogP contribution in [0.3, 0.4) is 0 Å². The highest BCUT2D eigenvalue weighted by molar-refractivity contribution is 5.50. The Hall–Kier alpha value is -1.91. The van der Waals surface area contributed by atoms with Gasteiger partial charge in [-0.05, 0) is 24.8 Å². The highest BCUT2D eigenvalue weighted by Gasteiger charge is 2.17. The van der Waals surface area contributed by atoms with Crippen molar-refractivity contribution in [3.63, 3.8) is 0 Å². The molecule has 0 aliphatic heterocycles. The summed E-state index contributed by atoms with van der Waals surface area (Å²) in [6.45, 7) is 8.40. The van der Waals surface area contributed by atoms with Gasteiger partial charge in [-0.2, -0.15) is 5.10 Å². The van der Waals surface area contributed by atoms with Gasteiger partial charge in [-0.3, -0.25) is 0 Å². The van der Waals surface area contributed by atoms with E-state index in [-0.39, 0.29) is 5.92 Å². The fourth-order valence-corrected chi connectivity index (χ4v) is 2.21. The van der Waals surface area contributed by atoms with Crippen molar-refractivity contribution in [1.82, 2.24) is 19.7 Å². The van der Waals surface area contributed by atoms with Gasteiger partial charge >= 0.3 is 0 Å². The number of nitrogen functional groups attached to an aromatic ring is 1. The Morgan fingerprint density at radius 1 is 1.21 bits per heavy atom. The van der Waals surface area contributed by atoms with Gasteiger partial charge < -0.3 is 5.73 Å². The van der Waals surface area contributed by atoms with Crippen LogP contribution in [0.5, 0.6) is 0 Å². The standard InChI is InChI=1S/C14H21N5/c1-5-10-7-11(6-2)19(18-10)14-12(9(3)4)13(15)16-8-17-14/h7-9H,5-6H2,1-4H3,(H2,15,16,17). The summed E-state index contributed by atoms with van der Waals surface area (Å²) >= 11 is 0. The molecule has 0 saturated carbocycles. The van der Waals surface area contributed by atoms with Crippen molar-refractivity contribution < 1.29 is 0 Å². The van der Waals surface area contributed by atoms with E-state index in [0.717, 1.165) is 35.6 Å². The fourth-order valence-electron chi connectivity index (χ4n) is 2.21. The van der Waals surface area contributed by atoms with E-state index in [2.05, 4.69) is 48.8 Å². The molecule has 0 fully saturated rings. The number of hydrogen-bond acceptors (Lipinski definition) is 4. The average molecular weight is 259 g/mol. The number of aryl methyl sites for hydroxylation is 2. The van der Waals surface area contributed by atoms with Crippen LogP contribution in [0.25, 0.3) is 5.82 Å². The molecule has 2 rings (SSSR count). The number of nitrogens with two attached hydrogens (primary N) is 1. The van der Waals surface area contributed by atoms with E-state index in [4.69, 9.17) is 5.73 Å². The molecule has 0 atom stereocenters. The lowest BCUT2D eigenvalue weighted by Crippen LogP contribution is -2.12. The predicted molar refractivity (Wildman–Crippen MR) is 76.4 cm³/mol. The molecule has 0 aromatic carbocycles. The summed E-state index contributed by atoms with van der Waals surface area (Å²) in [4.78, 5) is 8.49. The molecule has 2 aromatic heterocycles. The number of hydrogen-bond donors (Lipinski definition) is 1. The SMILES string of the molecule is CCc1cc(CC)n(-c2ncnc(N)c2C(C)C)n1. The van der Waals surface area contributed by atoms with E-state index in [9.17, 15) is 0 Å². The summed E-state index contributed by atoms with van der Waals surface area (Å²) in [5.74, 6) is 1.60. The van der Waals surface area contributed by atoms with Crippen LogP contribution in [0, 0.1) is 0 Å². The summed E-state index contributed by atoms with van der Waals surface area (Å²) in [7, 11) is 0. The van der Waals surface area contributed by atoms with Crippen molar-refractivity contribution in [3.05, 3.63) is 29.3 Å². The molecule has 2 aromatic rings. The first-order chi connectivity index (χ1) is 9.08. The Bertz CT molecular complexity index is 571. The Balaban J connectivity index is 2.64. The van der Waals surface area contributed by atoms with Gasteiger partial charge in [0, 0.05) is 11.3 Å². The third-order valence-electron chi connectivity index (χ3n) is 3.23. The van der Waals surface area contributed by atoms with Crippen molar-refractivity contribution in [2.45, 2.75) is 46.5 Å². The minimum atomic E-state index is 0.259. The summed E-state index contributed by atoms with van der Waals surface area (Å²) in [6.07, 6.45) is 3.33. The zero-order valence-corrected chi connectivity index (χ0v) is 12.0. The summed E-state index contributed by atoms with van der Waals surface area (Å²) in [5, 5.41) is 4.62. The first-order valence-electron chi connectivity index (χ1n) is 6.77. The maximum atomic E-state index is 6.00. The molecule has 0 aliphatic rings. The number of aromatic nitrogens is 4. The van der Waals surface area contributed by atoms with E-state index in [1.54, 1.807) is 0 Å². The van der Waals surface area contributed by atoms with E-state index in [0.29, 0.717) is 5.82 Å². The summed E-state index contributed by atoms with van der Waals surface area (Å²) < 4.78 is 1.91. The van der Waals surface area contributed by atoms with Crippen LogP contribution in [-0.4, -0.2) is 19.7 Å². The maximum Gasteiger partial charge on any atom is 0.162 e. The van der Waals surface area contributed by atoms with Crippen LogP contribution in [0.1, 0.15) is 50.6 Å². The van der Waals surface area contributed by atoms with Crippen molar-refractivity contribution >= 4 is 5.82 Å². The minimum absolute atomic E-state index is 0.259. The Kier molecular flexibility index (Phi) is 3.83. The summed E-state index contributed by atoms with van der Waals surface area (Å²) in [6, 6.07) is 2.13. The van der Waals surface area contributed by atoms with Crippen LogP contribution < -0.4 is 5.73 Å². The Morgan fingerprint density at radius 3 is 2.53 bits per heavy atom. The smallest absolute Gasteiger partial charge is 0.162 e. The van der Waals surface area contributed by atoms with Crippen molar-refractivity contribution in [2.75, 3.05) is 5.73 Å². The van der Waals surface area contributed by atoms with Crippen LogP contribution in [0.15, 0.2) is 12.4 Å². The Morgan fingerprint density at radius 2 is 1.95 bits per heavy atom. The van der Waals surface area contributed by atoms with E-state index >= 15 is 0 Å². The van der Waals surface area contributed by atoms with Crippen LogP contribution in [0.2, 0.25) is 0 Å². The second-order valence-electron chi connectivity index (χ2n) is 4.90. The first kappa shape index (κ1) is 13.5. The molecule has 0 spiro atoms. The third kappa shape index (κ3) is 2.45. The molecule has 0 unspecified atom stereocenters. The highest BCUT2D eigenvalue weighted by Crippen LogP contribution is 2.26. The average Bonchev–Trinajstić information content (AvgIpc) is 2.81. The van der Waals surface area contributed by atoms with Gasteiger partial charge in [-0.15, -0.1) is 0 Å². The van der Waals surface area contributed by atoms with Gasteiger partial charge in [-0.25, -0.2) is 14.6 Å². The first-order valence-corrected chi connectivity index (χ1v) is 6.77. The molecule has 0 saturated heterocycles. The second-order valence-corrected chi connectivity index (χ2v) is 4.90. The van der Waals surface area contributed by atoms with Crippen LogP contribution >= 0.6 is 0 Å². The predicted octanol–water partition coefficient (Wildman–Crippen LogP) is 2.49. The zero-order chi connectivity index (χ0) is 14.0.